The zero-order chi connectivity index (χ0) is 14.4. The van der Waals surface area contributed by atoms with E-state index in [2.05, 4.69) is 0 Å². The third-order valence-electron chi connectivity index (χ3n) is 3.33. The van der Waals surface area contributed by atoms with E-state index in [1.165, 1.54) is 0 Å². The Kier molecular flexibility index (Phi) is 3.69. The van der Waals surface area contributed by atoms with E-state index in [9.17, 15) is 9.90 Å². The highest BCUT2D eigenvalue weighted by Gasteiger charge is 2.40. The highest BCUT2D eigenvalue weighted by molar-refractivity contribution is 6.43. The minimum atomic E-state index is -0.669. The highest BCUT2D eigenvalue weighted by Crippen LogP contribution is 2.51. The van der Waals surface area contributed by atoms with Crippen LogP contribution >= 0.6 is 23.2 Å². The van der Waals surface area contributed by atoms with Gasteiger partial charge in [0.15, 0.2) is 6.61 Å². The van der Waals surface area contributed by atoms with Gasteiger partial charge in [0, 0.05) is 5.56 Å². The topological polar surface area (TPSA) is 72.5 Å². The largest absolute Gasteiger partial charge is 0.482 e. The van der Waals surface area contributed by atoms with Crippen LogP contribution in [0.2, 0.25) is 10.0 Å². The smallest absolute Gasteiger partial charge is 0.255 e. The van der Waals surface area contributed by atoms with Crippen molar-refractivity contribution in [3.8, 4) is 5.75 Å². The number of ether oxygens (including phenoxy) is 1. The first kappa shape index (κ1) is 14.4. The molecular formula is C13H15Cl2NO3. The van der Waals surface area contributed by atoms with Crippen molar-refractivity contribution in [3.05, 3.63) is 27.2 Å². The molecule has 6 heteroatoms. The summed E-state index contributed by atoms with van der Waals surface area (Å²) in [7, 11) is 0. The Morgan fingerprint density at radius 2 is 2.16 bits per heavy atom. The maximum atomic E-state index is 10.7. The lowest BCUT2D eigenvalue weighted by Gasteiger charge is -2.22. The van der Waals surface area contributed by atoms with Gasteiger partial charge in [-0.1, -0.05) is 37.0 Å². The first-order valence-electron chi connectivity index (χ1n) is 5.84. The van der Waals surface area contributed by atoms with Crippen LogP contribution in [0, 0.1) is 5.41 Å². The van der Waals surface area contributed by atoms with Crippen LogP contribution in [0.4, 0.5) is 0 Å². The van der Waals surface area contributed by atoms with Crippen molar-refractivity contribution in [1.82, 2.24) is 0 Å². The van der Waals surface area contributed by atoms with Crippen molar-refractivity contribution in [2.24, 2.45) is 11.1 Å². The van der Waals surface area contributed by atoms with Crippen LogP contribution in [0.25, 0.3) is 0 Å². The number of nitrogens with two attached hydrogens (primary N) is 1. The fourth-order valence-corrected chi connectivity index (χ4v) is 2.87. The van der Waals surface area contributed by atoms with E-state index in [-0.39, 0.29) is 22.1 Å². The standard InChI is InChI=1S/C13H15Cl2NO3/c1-13(2)4-6-3-7(19-5-8(16)17)10(14)11(15)9(6)12(13)18/h3,12,18H,4-5H2,1-2H3,(H2,16,17). The molecule has 104 valence electrons. The van der Waals surface area contributed by atoms with Gasteiger partial charge in [-0.3, -0.25) is 4.79 Å². The number of carbonyl (C=O) groups excluding carboxylic acids is 1. The van der Waals surface area contributed by atoms with Crippen LogP contribution in [0.5, 0.6) is 5.75 Å². The van der Waals surface area contributed by atoms with Crippen LogP contribution in [0.3, 0.4) is 0 Å². The quantitative estimate of drug-likeness (QED) is 0.901. The summed E-state index contributed by atoms with van der Waals surface area (Å²) in [6.07, 6.45) is -0.00877. The molecule has 1 aliphatic carbocycles. The number of rotatable bonds is 3. The van der Waals surface area contributed by atoms with Gasteiger partial charge in [-0.2, -0.15) is 0 Å². The second-order valence-electron chi connectivity index (χ2n) is 5.40. The molecule has 0 saturated heterocycles. The maximum absolute atomic E-state index is 10.7. The van der Waals surface area contributed by atoms with Crippen molar-refractivity contribution in [1.29, 1.82) is 0 Å². The van der Waals surface area contributed by atoms with Gasteiger partial charge in [0.1, 0.15) is 10.8 Å². The van der Waals surface area contributed by atoms with Gasteiger partial charge in [-0.15, -0.1) is 0 Å². The molecule has 4 nitrogen and oxygen atoms in total. The molecule has 0 bridgehead atoms. The lowest BCUT2D eigenvalue weighted by molar-refractivity contribution is -0.119. The average molecular weight is 304 g/mol. The summed E-state index contributed by atoms with van der Waals surface area (Å²) in [5.41, 5.74) is 6.24. The molecule has 0 aromatic heterocycles. The fourth-order valence-electron chi connectivity index (χ4n) is 2.34. The van der Waals surface area contributed by atoms with Crippen molar-refractivity contribution in [2.45, 2.75) is 26.4 Å². The van der Waals surface area contributed by atoms with Gasteiger partial charge in [0.25, 0.3) is 5.91 Å². The number of halogens is 2. The predicted molar refractivity (Wildman–Crippen MR) is 73.6 cm³/mol. The molecule has 0 spiro atoms. The van der Waals surface area contributed by atoms with Crippen LogP contribution in [-0.2, 0) is 11.2 Å². The van der Waals surface area contributed by atoms with E-state index in [4.69, 9.17) is 33.7 Å². The molecule has 0 aliphatic heterocycles. The second kappa shape index (κ2) is 4.85. The number of amides is 1. The average Bonchev–Trinajstić information content (AvgIpc) is 2.53. The third kappa shape index (κ3) is 2.53. The van der Waals surface area contributed by atoms with Crippen LogP contribution in [0.15, 0.2) is 6.07 Å². The van der Waals surface area contributed by atoms with Crippen LogP contribution < -0.4 is 10.5 Å². The van der Waals surface area contributed by atoms with E-state index >= 15 is 0 Å². The Morgan fingerprint density at radius 3 is 2.74 bits per heavy atom. The van der Waals surface area contributed by atoms with E-state index in [1.807, 2.05) is 13.8 Å². The number of fused-ring (bicyclic) bond motifs is 1. The molecule has 1 unspecified atom stereocenters. The van der Waals surface area contributed by atoms with Crippen molar-refractivity contribution in [2.75, 3.05) is 6.61 Å². The van der Waals surface area contributed by atoms with Crippen LogP contribution in [0.1, 0.15) is 31.1 Å². The first-order chi connectivity index (χ1) is 8.74. The summed E-state index contributed by atoms with van der Waals surface area (Å²) in [5.74, 6) is -0.276. The highest BCUT2D eigenvalue weighted by atomic mass is 35.5. The summed E-state index contributed by atoms with van der Waals surface area (Å²) in [6, 6.07) is 1.71. The zero-order valence-electron chi connectivity index (χ0n) is 10.7. The lowest BCUT2D eigenvalue weighted by atomic mass is 9.87. The molecule has 19 heavy (non-hydrogen) atoms. The van der Waals surface area contributed by atoms with Crippen molar-refractivity contribution in [3.63, 3.8) is 0 Å². The number of hydrogen-bond donors (Lipinski definition) is 2. The molecule has 1 atom stereocenters. The number of aliphatic hydroxyl groups excluding tert-OH is 1. The normalized spacial score (nSPS) is 20.2. The summed E-state index contributed by atoms with van der Waals surface area (Å²) in [4.78, 5) is 10.7. The molecule has 1 amide bonds. The van der Waals surface area contributed by atoms with Gasteiger partial charge in [0.05, 0.1) is 11.1 Å². The molecule has 1 aromatic carbocycles. The minimum Gasteiger partial charge on any atom is -0.482 e. The molecule has 1 aliphatic rings. The molecule has 2 rings (SSSR count). The monoisotopic (exact) mass is 303 g/mol. The van der Waals surface area contributed by atoms with Crippen molar-refractivity contribution >= 4 is 29.1 Å². The number of primary amides is 1. The number of carbonyl (C=O) groups is 1. The SMILES string of the molecule is CC1(C)Cc2cc(OCC(N)=O)c(Cl)c(Cl)c2C1O. The molecule has 0 saturated carbocycles. The summed E-state index contributed by atoms with van der Waals surface area (Å²) in [5, 5.41) is 10.7. The van der Waals surface area contributed by atoms with E-state index < -0.39 is 12.0 Å². The van der Waals surface area contributed by atoms with E-state index in [0.29, 0.717) is 17.7 Å². The number of aliphatic hydroxyl groups is 1. The second-order valence-corrected chi connectivity index (χ2v) is 6.15. The molecule has 0 heterocycles. The van der Waals surface area contributed by atoms with Gasteiger partial charge in [0.2, 0.25) is 0 Å². The molecule has 3 N–H and O–H groups in total. The summed E-state index contributed by atoms with van der Waals surface area (Å²) in [6.45, 7) is 3.64. The molecule has 0 fully saturated rings. The Bertz CT molecular complexity index is 543. The Labute approximate surface area is 121 Å². The Hall–Kier alpha value is -0.970. The van der Waals surface area contributed by atoms with Gasteiger partial charge < -0.3 is 15.6 Å². The van der Waals surface area contributed by atoms with Gasteiger partial charge in [-0.25, -0.2) is 0 Å². The summed E-state index contributed by atoms with van der Waals surface area (Å²) >= 11 is 12.3. The summed E-state index contributed by atoms with van der Waals surface area (Å²) < 4.78 is 5.24. The minimum absolute atomic E-state index is 0.193. The van der Waals surface area contributed by atoms with E-state index in [0.717, 1.165) is 5.56 Å². The number of benzene rings is 1. The maximum Gasteiger partial charge on any atom is 0.255 e. The van der Waals surface area contributed by atoms with Gasteiger partial charge in [-0.05, 0) is 23.5 Å². The molecular weight excluding hydrogens is 289 g/mol. The fraction of sp³-hybridized carbons (Fsp3) is 0.462. The predicted octanol–water partition coefficient (Wildman–Crippen LogP) is 2.47. The molecule has 1 aromatic rings. The van der Waals surface area contributed by atoms with E-state index in [1.54, 1.807) is 6.07 Å². The van der Waals surface area contributed by atoms with Crippen LogP contribution in [-0.4, -0.2) is 17.6 Å². The molecule has 0 radical (unpaired) electrons. The first-order valence-corrected chi connectivity index (χ1v) is 6.59. The number of hydrogen-bond acceptors (Lipinski definition) is 3. The Balaban J connectivity index is 2.43. The zero-order valence-corrected chi connectivity index (χ0v) is 12.2. The third-order valence-corrected chi connectivity index (χ3v) is 4.19. The van der Waals surface area contributed by atoms with Gasteiger partial charge >= 0.3 is 0 Å². The van der Waals surface area contributed by atoms with Crippen molar-refractivity contribution < 1.29 is 14.6 Å². The Morgan fingerprint density at radius 1 is 1.53 bits per heavy atom. The lowest BCUT2D eigenvalue weighted by Crippen LogP contribution is -2.20.